The molecule has 1 amide bonds. The molecule has 1 aliphatic rings. The lowest BCUT2D eigenvalue weighted by atomic mass is 10.0. The number of benzene rings is 1. The normalized spacial score (nSPS) is 18.4. The quantitative estimate of drug-likeness (QED) is 0.826. The van der Waals surface area contributed by atoms with Crippen molar-refractivity contribution in [1.29, 1.82) is 0 Å². The van der Waals surface area contributed by atoms with E-state index >= 15 is 0 Å². The predicted molar refractivity (Wildman–Crippen MR) is 111 cm³/mol. The summed E-state index contributed by atoms with van der Waals surface area (Å²) in [5.74, 6) is 0.0616. The van der Waals surface area contributed by atoms with Crippen LogP contribution in [-0.4, -0.2) is 42.0 Å². The number of carbonyl (C=O) groups is 1. The number of aryl methyl sites for hydroxylation is 2. The van der Waals surface area contributed by atoms with Gasteiger partial charge in [-0.05, 0) is 49.1 Å². The molecular weight excluding hydrogens is 360 g/mol. The first-order chi connectivity index (χ1) is 12.5. The number of hydrogen-bond acceptors (Lipinski definition) is 4. The maximum atomic E-state index is 12.6. The van der Waals surface area contributed by atoms with Crippen molar-refractivity contribution in [1.82, 2.24) is 20.5 Å². The number of nitrogens with zero attached hydrogens (tertiary/aromatic N) is 2. The summed E-state index contributed by atoms with van der Waals surface area (Å²) < 4.78 is 0. The Morgan fingerprint density at radius 1 is 1.33 bits per heavy atom. The summed E-state index contributed by atoms with van der Waals surface area (Å²) >= 11 is 0. The van der Waals surface area contributed by atoms with Gasteiger partial charge in [-0.1, -0.05) is 24.3 Å². The fourth-order valence-electron chi connectivity index (χ4n) is 3.43. The molecule has 1 saturated heterocycles. The lowest BCUT2D eigenvalue weighted by Crippen LogP contribution is -2.49. The molecule has 1 aromatic carbocycles. The molecule has 0 radical (unpaired) electrons. The number of pyridine rings is 1. The number of rotatable bonds is 5. The first-order valence-corrected chi connectivity index (χ1v) is 9.26. The average Bonchev–Trinajstić information content (AvgIpc) is 2.65. The Morgan fingerprint density at radius 2 is 2.15 bits per heavy atom. The summed E-state index contributed by atoms with van der Waals surface area (Å²) in [5.41, 5.74) is 4.81. The average molecular weight is 389 g/mol. The van der Waals surface area contributed by atoms with Crippen molar-refractivity contribution in [3.63, 3.8) is 0 Å². The lowest BCUT2D eigenvalue weighted by molar-refractivity contribution is -0.123. The summed E-state index contributed by atoms with van der Waals surface area (Å²) in [6, 6.07) is 10.6. The third-order valence-corrected chi connectivity index (χ3v) is 5.18. The van der Waals surface area contributed by atoms with E-state index in [0.29, 0.717) is 6.54 Å². The number of piperazine rings is 1. The summed E-state index contributed by atoms with van der Waals surface area (Å²) in [5, 5.41) is 6.56. The standard InChI is InChI=1S/C21H28N4O.ClH/c1-15-6-7-18(11-16(15)2)17(3)24-21(26)14-25-10-9-23-13-20(25)19-5-4-8-22-12-19;/h4-8,11-12,17,20,23H,9-10,13-14H2,1-3H3,(H,24,26);1H. The van der Waals surface area contributed by atoms with Gasteiger partial charge >= 0.3 is 0 Å². The molecule has 0 bridgehead atoms. The van der Waals surface area contributed by atoms with Gasteiger partial charge in [-0.3, -0.25) is 14.7 Å². The van der Waals surface area contributed by atoms with Crippen molar-refractivity contribution in [3.05, 3.63) is 65.0 Å². The van der Waals surface area contributed by atoms with Crippen molar-refractivity contribution in [2.45, 2.75) is 32.9 Å². The molecule has 1 aliphatic heterocycles. The second kappa shape index (κ2) is 9.83. The van der Waals surface area contributed by atoms with E-state index in [1.807, 2.05) is 19.2 Å². The van der Waals surface area contributed by atoms with Gasteiger partial charge in [-0.25, -0.2) is 0 Å². The molecule has 0 aliphatic carbocycles. The molecule has 0 saturated carbocycles. The molecular formula is C21H29ClN4O. The first kappa shape index (κ1) is 21.4. The fraction of sp³-hybridized carbons (Fsp3) is 0.429. The minimum absolute atomic E-state index is 0. The minimum Gasteiger partial charge on any atom is -0.348 e. The maximum absolute atomic E-state index is 12.6. The fourth-order valence-corrected chi connectivity index (χ4v) is 3.43. The minimum atomic E-state index is 0. The van der Waals surface area contributed by atoms with Gasteiger partial charge in [0.05, 0.1) is 12.6 Å². The highest BCUT2D eigenvalue weighted by atomic mass is 35.5. The molecule has 2 aromatic rings. The molecule has 3 rings (SSSR count). The van der Waals surface area contributed by atoms with E-state index in [4.69, 9.17) is 0 Å². The van der Waals surface area contributed by atoms with Gasteiger partial charge in [0.1, 0.15) is 0 Å². The third-order valence-electron chi connectivity index (χ3n) is 5.18. The zero-order valence-electron chi connectivity index (χ0n) is 16.2. The highest BCUT2D eigenvalue weighted by Gasteiger charge is 2.26. The van der Waals surface area contributed by atoms with E-state index in [9.17, 15) is 4.79 Å². The summed E-state index contributed by atoms with van der Waals surface area (Å²) in [4.78, 5) is 19.1. The topological polar surface area (TPSA) is 57.3 Å². The van der Waals surface area contributed by atoms with E-state index < -0.39 is 0 Å². The van der Waals surface area contributed by atoms with Gasteiger partial charge in [0, 0.05) is 38.1 Å². The molecule has 0 spiro atoms. The number of carbonyl (C=O) groups excluding carboxylic acids is 1. The van der Waals surface area contributed by atoms with Crippen molar-refractivity contribution in [2.75, 3.05) is 26.2 Å². The van der Waals surface area contributed by atoms with Crippen LogP contribution in [0.4, 0.5) is 0 Å². The first-order valence-electron chi connectivity index (χ1n) is 9.26. The highest BCUT2D eigenvalue weighted by molar-refractivity contribution is 5.85. The molecule has 146 valence electrons. The second-order valence-electron chi connectivity index (χ2n) is 7.11. The van der Waals surface area contributed by atoms with Crippen molar-refractivity contribution >= 4 is 18.3 Å². The van der Waals surface area contributed by atoms with Crippen LogP contribution >= 0.6 is 12.4 Å². The van der Waals surface area contributed by atoms with E-state index in [-0.39, 0.29) is 30.4 Å². The Morgan fingerprint density at radius 3 is 2.85 bits per heavy atom. The SMILES string of the molecule is Cc1ccc(C(C)NC(=O)CN2CCNCC2c2cccnc2)cc1C.Cl. The van der Waals surface area contributed by atoms with Crippen LogP contribution in [-0.2, 0) is 4.79 Å². The number of nitrogens with one attached hydrogen (secondary N) is 2. The van der Waals surface area contributed by atoms with Crippen LogP contribution in [0.3, 0.4) is 0 Å². The predicted octanol–water partition coefficient (Wildman–Crippen LogP) is 2.94. The van der Waals surface area contributed by atoms with Gasteiger partial charge in [0.15, 0.2) is 0 Å². The summed E-state index contributed by atoms with van der Waals surface area (Å²) in [6.07, 6.45) is 3.67. The van der Waals surface area contributed by atoms with E-state index in [1.54, 1.807) is 6.20 Å². The lowest BCUT2D eigenvalue weighted by Gasteiger charge is -2.36. The van der Waals surface area contributed by atoms with Gasteiger partial charge < -0.3 is 10.6 Å². The van der Waals surface area contributed by atoms with Gasteiger partial charge in [0.2, 0.25) is 5.91 Å². The Bertz CT molecular complexity index is 753. The van der Waals surface area contributed by atoms with E-state index in [2.05, 4.69) is 58.6 Å². The van der Waals surface area contributed by atoms with E-state index in [1.165, 1.54) is 11.1 Å². The molecule has 2 unspecified atom stereocenters. The van der Waals surface area contributed by atoms with Crippen LogP contribution in [0.1, 0.15) is 41.3 Å². The molecule has 2 heterocycles. The smallest absolute Gasteiger partial charge is 0.234 e. The highest BCUT2D eigenvalue weighted by Crippen LogP contribution is 2.21. The molecule has 27 heavy (non-hydrogen) atoms. The van der Waals surface area contributed by atoms with Crippen LogP contribution in [0.2, 0.25) is 0 Å². The zero-order valence-corrected chi connectivity index (χ0v) is 17.1. The number of amides is 1. The van der Waals surface area contributed by atoms with Crippen LogP contribution in [0.15, 0.2) is 42.7 Å². The van der Waals surface area contributed by atoms with Crippen LogP contribution in [0.5, 0.6) is 0 Å². The van der Waals surface area contributed by atoms with Crippen LogP contribution in [0, 0.1) is 13.8 Å². The van der Waals surface area contributed by atoms with Crippen molar-refractivity contribution in [3.8, 4) is 0 Å². The number of aromatic nitrogens is 1. The van der Waals surface area contributed by atoms with Crippen molar-refractivity contribution in [2.24, 2.45) is 0 Å². The molecule has 6 heteroatoms. The molecule has 2 atom stereocenters. The van der Waals surface area contributed by atoms with Gasteiger partial charge in [0.25, 0.3) is 0 Å². The molecule has 1 fully saturated rings. The Kier molecular flexibility index (Phi) is 7.78. The zero-order chi connectivity index (χ0) is 18.5. The van der Waals surface area contributed by atoms with Crippen molar-refractivity contribution < 1.29 is 4.79 Å². The third kappa shape index (κ3) is 5.51. The Labute approximate surface area is 168 Å². The van der Waals surface area contributed by atoms with Gasteiger partial charge in [-0.15, -0.1) is 12.4 Å². The molecule has 1 aromatic heterocycles. The monoisotopic (exact) mass is 388 g/mol. The Hall–Kier alpha value is -1.95. The van der Waals surface area contributed by atoms with Crippen LogP contribution in [0.25, 0.3) is 0 Å². The largest absolute Gasteiger partial charge is 0.348 e. The number of halogens is 1. The maximum Gasteiger partial charge on any atom is 0.234 e. The Balaban J connectivity index is 0.00000261. The number of hydrogen-bond donors (Lipinski definition) is 2. The second-order valence-corrected chi connectivity index (χ2v) is 7.11. The van der Waals surface area contributed by atoms with Gasteiger partial charge in [-0.2, -0.15) is 0 Å². The summed E-state index contributed by atoms with van der Waals surface area (Å²) in [7, 11) is 0. The molecule has 2 N–H and O–H groups in total. The molecule has 5 nitrogen and oxygen atoms in total. The van der Waals surface area contributed by atoms with E-state index in [0.717, 1.165) is 30.8 Å². The summed E-state index contributed by atoms with van der Waals surface area (Å²) in [6.45, 7) is 9.24. The van der Waals surface area contributed by atoms with Crippen LogP contribution < -0.4 is 10.6 Å².